The molecule has 0 spiro atoms. The van der Waals surface area contributed by atoms with Gasteiger partial charge in [0.2, 0.25) is 0 Å². The molecule has 1 amide bonds. The fourth-order valence-corrected chi connectivity index (χ4v) is 4.87. The third-order valence-electron chi connectivity index (χ3n) is 4.92. The fourth-order valence-electron chi connectivity index (χ4n) is 3.35. The van der Waals surface area contributed by atoms with Crippen molar-refractivity contribution in [3.63, 3.8) is 0 Å². The van der Waals surface area contributed by atoms with Gasteiger partial charge in [0.25, 0.3) is 0 Å². The van der Waals surface area contributed by atoms with E-state index in [1.807, 2.05) is 36.4 Å². The molecule has 150 valence electrons. The SMILES string of the molecule is CCN(CC)C(=O)OCC1CCc2ccccc2N1S(=O)c1ccc(Cl)cc1. The van der Waals surface area contributed by atoms with Crippen molar-refractivity contribution in [1.82, 2.24) is 4.90 Å². The van der Waals surface area contributed by atoms with Crippen molar-refractivity contribution in [2.75, 3.05) is 24.0 Å². The van der Waals surface area contributed by atoms with Gasteiger partial charge in [-0.3, -0.25) is 4.31 Å². The molecule has 0 saturated heterocycles. The fraction of sp³-hybridized carbons (Fsp3) is 0.381. The van der Waals surface area contributed by atoms with Gasteiger partial charge in [-0.15, -0.1) is 0 Å². The second-order valence-corrected chi connectivity index (χ2v) is 8.40. The number of halogens is 1. The van der Waals surface area contributed by atoms with Crippen molar-refractivity contribution < 1.29 is 13.7 Å². The van der Waals surface area contributed by atoms with Crippen LogP contribution in [-0.4, -0.2) is 40.9 Å². The van der Waals surface area contributed by atoms with E-state index in [0.717, 1.165) is 24.1 Å². The molecule has 0 bridgehead atoms. The van der Waals surface area contributed by atoms with Crippen molar-refractivity contribution >= 4 is 34.4 Å². The Bertz CT molecular complexity index is 840. The maximum atomic E-state index is 13.4. The van der Waals surface area contributed by atoms with E-state index in [0.29, 0.717) is 23.0 Å². The zero-order valence-electron chi connectivity index (χ0n) is 16.1. The van der Waals surface area contributed by atoms with Crippen LogP contribution >= 0.6 is 11.6 Å². The average molecular weight is 421 g/mol. The summed E-state index contributed by atoms with van der Waals surface area (Å²) in [7, 11) is -1.43. The second kappa shape index (κ2) is 9.43. The highest BCUT2D eigenvalue weighted by atomic mass is 35.5. The number of carbonyl (C=O) groups excluding carboxylic acids is 1. The molecule has 2 atom stereocenters. The van der Waals surface area contributed by atoms with Crippen molar-refractivity contribution in [2.45, 2.75) is 37.6 Å². The molecule has 2 aromatic rings. The second-order valence-electron chi connectivity index (χ2n) is 6.60. The normalized spacial score (nSPS) is 17.0. The highest BCUT2D eigenvalue weighted by molar-refractivity contribution is 7.86. The largest absolute Gasteiger partial charge is 0.447 e. The first kappa shape index (κ1) is 20.7. The molecular weight excluding hydrogens is 396 g/mol. The van der Waals surface area contributed by atoms with E-state index >= 15 is 0 Å². The molecule has 0 saturated carbocycles. The smallest absolute Gasteiger partial charge is 0.409 e. The Balaban J connectivity index is 1.85. The Labute approximate surface area is 173 Å². The lowest BCUT2D eigenvalue weighted by Gasteiger charge is -2.37. The Hall–Kier alpha value is -2.05. The Kier molecular flexibility index (Phi) is 6.97. The molecule has 1 aliphatic heterocycles. The van der Waals surface area contributed by atoms with Crippen molar-refractivity contribution in [3.05, 3.63) is 59.1 Å². The molecule has 3 rings (SSSR count). The third-order valence-corrected chi connectivity index (χ3v) is 6.70. The number of hydrogen-bond donors (Lipinski definition) is 0. The lowest BCUT2D eigenvalue weighted by molar-refractivity contribution is 0.0997. The van der Waals surface area contributed by atoms with Crippen LogP contribution in [0.4, 0.5) is 10.5 Å². The van der Waals surface area contributed by atoms with Gasteiger partial charge in [-0.25, -0.2) is 9.00 Å². The van der Waals surface area contributed by atoms with Gasteiger partial charge in [-0.1, -0.05) is 29.8 Å². The maximum Gasteiger partial charge on any atom is 0.409 e. The van der Waals surface area contributed by atoms with Crippen LogP contribution in [0.15, 0.2) is 53.4 Å². The van der Waals surface area contributed by atoms with Crippen LogP contribution in [0.25, 0.3) is 0 Å². The van der Waals surface area contributed by atoms with Gasteiger partial charge in [0.05, 0.1) is 16.6 Å². The van der Waals surface area contributed by atoms with Crippen molar-refractivity contribution in [3.8, 4) is 0 Å². The minimum atomic E-state index is -1.43. The van der Waals surface area contributed by atoms with Crippen LogP contribution < -0.4 is 4.31 Å². The van der Waals surface area contributed by atoms with E-state index in [9.17, 15) is 9.00 Å². The highest BCUT2D eigenvalue weighted by Crippen LogP contribution is 2.34. The molecule has 2 aromatic carbocycles. The first-order valence-electron chi connectivity index (χ1n) is 9.51. The Morgan fingerprint density at radius 3 is 2.54 bits per heavy atom. The highest BCUT2D eigenvalue weighted by Gasteiger charge is 2.32. The summed E-state index contributed by atoms with van der Waals surface area (Å²) in [5.41, 5.74) is 2.07. The van der Waals surface area contributed by atoms with Gasteiger partial charge >= 0.3 is 6.09 Å². The minimum Gasteiger partial charge on any atom is -0.447 e. The van der Waals surface area contributed by atoms with Gasteiger partial charge in [-0.05, 0) is 62.6 Å². The number of fused-ring (bicyclic) bond motifs is 1. The van der Waals surface area contributed by atoms with Gasteiger partial charge in [0, 0.05) is 18.1 Å². The number of carbonyl (C=O) groups is 1. The summed E-state index contributed by atoms with van der Waals surface area (Å²) in [6, 6.07) is 14.8. The van der Waals surface area contributed by atoms with E-state index in [1.165, 1.54) is 0 Å². The van der Waals surface area contributed by atoms with Crippen LogP contribution in [0.1, 0.15) is 25.8 Å². The number of anilines is 1. The van der Waals surface area contributed by atoms with Gasteiger partial charge in [-0.2, -0.15) is 0 Å². The van der Waals surface area contributed by atoms with Crippen LogP contribution in [0.2, 0.25) is 5.02 Å². The summed E-state index contributed by atoms with van der Waals surface area (Å²) in [4.78, 5) is 14.6. The summed E-state index contributed by atoms with van der Waals surface area (Å²) in [5, 5.41) is 0.601. The molecule has 0 N–H and O–H groups in total. The predicted octanol–water partition coefficient (Wildman–Crippen LogP) is 4.66. The standard InChI is InChI=1S/C21H25ClN2O3S/c1-3-23(4-2)21(25)27-15-18-12-9-16-7-5-6-8-20(16)24(18)28(26)19-13-10-17(22)11-14-19/h5-8,10-11,13-14,18H,3-4,9,12,15H2,1-2H3. The van der Waals surface area contributed by atoms with Crippen LogP contribution in [-0.2, 0) is 22.1 Å². The van der Waals surface area contributed by atoms with Gasteiger partial charge in [0.1, 0.15) is 6.61 Å². The van der Waals surface area contributed by atoms with Crippen LogP contribution in [0.3, 0.4) is 0 Å². The molecular formula is C21H25ClN2O3S. The molecule has 5 nitrogen and oxygen atoms in total. The van der Waals surface area contributed by atoms with Gasteiger partial charge in [0.15, 0.2) is 11.0 Å². The first-order chi connectivity index (χ1) is 13.5. The number of hydrogen-bond acceptors (Lipinski definition) is 3. The maximum absolute atomic E-state index is 13.4. The van der Waals surface area contributed by atoms with Crippen LogP contribution in [0.5, 0.6) is 0 Å². The lowest BCUT2D eigenvalue weighted by atomic mass is 9.98. The molecule has 0 fully saturated rings. The molecule has 0 aliphatic carbocycles. The quantitative estimate of drug-likeness (QED) is 0.682. The topological polar surface area (TPSA) is 49.9 Å². The lowest BCUT2D eigenvalue weighted by Crippen LogP contribution is -2.45. The first-order valence-corrected chi connectivity index (χ1v) is 11.0. The van der Waals surface area contributed by atoms with Crippen LogP contribution in [0, 0.1) is 0 Å². The minimum absolute atomic E-state index is 0.161. The summed E-state index contributed by atoms with van der Waals surface area (Å²) < 4.78 is 20.9. The van der Waals surface area contributed by atoms with Crippen molar-refractivity contribution in [1.29, 1.82) is 0 Å². The molecule has 28 heavy (non-hydrogen) atoms. The zero-order chi connectivity index (χ0) is 20.1. The number of aryl methyl sites for hydroxylation is 1. The number of nitrogens with zero attached hydrogens (tertiary/aromatic N) is 2. The Morgan fingerprint density at radius 2 is 1.86 bits per heavy atom. The summed E-state index contributed by atoms with van der Waals surface area (Å²) in [5.74, 6) is 0. The number of rotatable bonds is 6. The molecule has 1 aliphatic rings. The molecule has 0 radical (unpaired) electrons. The molecule has 1 heterocycles. The van der Waals surface area contributed by atoms with Crippen molar-refractivity contribution in [2.24, 2.45) is 0 Å². The average Bonchev–Trinajstić information content (AvgIpc) is 2.72. The number of para-hydroxylation sites is 1. The number of amides is 1. The van der Waals surface area contributed by atoms with E-state index in [4.69, 9.17) is 16.3 Å². The third kappa shape index (κ3) is 4.50. The zero-order valence-corrected chi connectivity index (χ0v) is 17.7. The van der Waals surface area contributed by atoms with E-state index in [1.54, 1.807) is 29.2 Å². The van der Waals surface area contributed by atoms with Gasteiger partial charge < -0.3 is 9.64 Å². The number of benzene rings is 2. The summed E-state index contributed by atoms with van der Waals surface area (Å²) in [6.07, 6.45) is 1.29. The monoisotopic (exact) mass is 420 g/mol. The number of ether oxygens (including phenoxy) is 1. The summed E-state index contributed by atoms with van der Waals surface area (Å²) >= 11 is 5.98. The molecule has 7 heteroatoms. The molecule has 0 aromatic heterocycles. The summed E-state index contributed by atoms with van der Waals surface area (Å²) in [6.45, 7) is 5.24. The predicted molar refractivity (Wildman–Crippen MR) is 113 cm³/mol. The van der Waals surface area contributed by atoms with E-state index in [2.05, 4.69) is 6.07 Å². The van der Waals surface area contributed by atoms with E-state index in [-0.39, 0.29) is 18.7 Å². The molecule has 2 unspecified atom stereocenters. The van der Waals surface area contributed by atoms with E-state index < -0.39 is 11.0 Å². The Morgan fingerprint density at radius 1 is 1.18 bits per heavy atom.